The molecule has 0 saturated carbocycles. The van der Waals surface area contributed by atoms with Crippen LogP contribution in [-0.4, -0.2) is 25.0 Å². The van der Waals surface area contributed by atoms with Crippen LogP contribution in [0, 0.1) is 0 Å². The molecule has 0 atom stereocenters. The summed E-state index contributed by atoms with van der Waals surface area (Å²) in [6.45, 7) is 0.754. The third-order valence-electron chi connectivity index (χ3n) is 3.41. The number of alkyl halides is 4. The predicted octanol–water partition coefficient (Wildman–Crippen LogP) is 3.69. The van der Waals surface area contributed by atoms with Crippen molar-refractivity contribution in [2.45, 2.75) is 25.9 Å². The van der Waals surface area contributed by atoms with Crippen molar-refractivity contribution < 1.29 is 22.3 Å². The van der Waals surface area contributed by atoms with Crippen LogP contribution in [0.3, 0.4) is 0 Å². The van der Waals surface area contributed by atoms with Gasteiger partial charge in [0.25, 0.3) is 12.3 Å². The van der Waals surface area contributed by atoms with Crippen LogP contribution in [0.2, 0.25) is 0 Å². The summed E-state index contributed by atoms with van der Waals surface area (Å²) >= 11 is 0. The highest BCUT2D eigenvalue weighted by Gasteiger charge is 2.24. The molecule has 0 spiro atoms. The third-order valence-corrected chi connectivity index (χ3v) is 3.41. The number of aromatic nitrogens is 5. The smallest absolute Gasteiger partial charge is 0.316 e. The lowest BCUT2D eigenvalue weighted by atomic mass is 10.1. The van der Waals surface area contributed by atoms with E-state index in [2.05, 4.69) is 20.3 Å². The molecule has 0 bridgehead atoms. The molecule has 0 N–H and O–H groups in total. The molecule has 0 saturated heterocycles. The van der Waals surface area contributed by atoms with E-state index in [1.165, 1.54) is 29.1 Å². The molecule has 0 radical (unpaired) electrons. The fraction of sp³-hybridized carbons (Fsp3) is 0.250. The van der Waals surface area contributed by atoms with Crippen LogP contribution in [0.15, 0.2) is 42.9 Å². The molecule has 2 heterocycles. The number of benzene rings is 1. The first-order valence-corrected chi connectivity index (χ1v) is 7.46. The summed E-state index contributed by atoms with van der Waals surface area (Å²) in [7, 11) is 0. The fourth-order valence-corrected chi connectivity index (χ4v) is 2.06. The van der Waals surface area contributed by atoms with Crippen molar-refractivity contribution in [1.82, 2.24) is 25.0 Å². The van der Waals surface area contributed by atoms with Crippen LogP contribution < -0.4 is 4.74 Å². The monoisotopic (exact) mass is 367 g/mol. The minimum absolute atomic E-state index is 0.0579. The molecule has 10 heteroatoms. The van der Waals surface area contributed by atoms with Gasteiger partial charge in [-0.25, -0.2) is 32.2 Å². The molecular formula is C16H13F4N5O. The lowest BCUT2D eigenvalue weighted by molar-refractivity contribution is 0.0174. The Kier molecular flexibility index (Phi) is 4.83. The van der Waals surface area contributed by atoms with E-state index in [-0.39, 0.29) is 23.7 Å². The number of nitrogens with zero attached hydrogens (tertiary/aromatic N) is 5. The van der Waals surface area contributed by atoms with Gasteiger partial charge in [-0.2, -0.15) is 0 Å². The number of ether oxygens (including phenoxy) is 1. The summed E-state index contributed by atoms with van der Waals surface area (Å²) in [5.74, 6) is -2.97. The van der Waals surface area contributed by atoms with E-state index in [1.54, 1.807) is 6.07 Å². The molecule has 1 aromatic carbocycles. The highest BCUT2D eigenvalue weighted by Crippen LogP contribution is 2.28. The lowest BCUT2D eigenvalue weighted by Gasteiger charge is -2.11. The molecule has 0 aliphatic heterocycles. The van der Waals surface area contributed by atoms with Crippen molar-refractivity contribution in [3.05, 3.63) is 59.7 Å². The molecule has 0 aliphatic rings. The molecule has 2 aromatic heterocycles. The zero-order valence-corrected chi connectivity index (χ0v) is 13.5. The van der Waals surface area contributed by atoms with Crippen LogP contribution >= 0.6 is 0 Å². The average Bonchev–Trinajstić information content (AvgIpc) is 3.09. The Hall–Kier alpha value is -3.04. The van der Waals surface area contributed by atoms with Gasteiger partial charge in [0.2, 0.25) is 0 Å². The van der Waals surface area contributed by atoms with E-state index in [0.29, 0.717) is 11.4 Å². The van der Waals surface area contributed by atoms with Gasteiger partial charge >= 0.3 is 6.01 Å². The van der Waals surface area contributed by atoms with Gasteiger partial charge < -0.3 is 4.74 Å². The first-order valence-electron chi connectivity index (χ1n) is 7.46. The van der Waals surface area contributed by atoms with Crippen LogP contribution in [0.1, 0.15) is 30.2 Å². The average molecular weight is 367 g/mol. The van der Waals surface area contributed by atoms with Crippen LogP contribution in [-0.2, 0) is 12.5 Å². The second-order valence-corrected chi connectivity index (χ2v) is 5.48. The quantitative estimate of drug-likeness (QED) is 0.622. The molecule has 6 nitrogen and oxygen atoms in total. The van der Waals surface area contributed by atoms with E-state index in [1.807, 2.05) is 0 Å². The maximum Gasteiger partial charge on any atom is 0.316 e. The summed E-state index contributed by atoms with van der Waals surface area (Å²) in [6.07, 6.45) is 0.788. The molecule has 3 aromatic rings. The Morgan fingerprint density at radius 1 is 1.19 bits per heavy atom. The number of rotatable bonds is 6. The van der Waals surface area contributed by atoms with Crippen molar-refractivity contribution in [2.75, 3.05) is 0 Å². The molecule has 26 heavy (non-hydrogen) atoms. The normalized spacial score (nSPS) is 11.8. The summed E-state index contributed by atoms with van der Waals surface area (Å²) in [5.41, 5.74) is 0.354. The maximum absolute atomic E-state index is 13.4. The Morgan fingerprint density at radius 3 is 2.58 bits per heavy atom. The SMILES string of the molecule is CC(F)(F)c1cccc(-n2cc(COc3ncc(C(F)F)cn3)nn2)c1. The van der Waals surface area contributed by atoms with Crippen molar-refractivity contribution >= 4 is 0 Å². The third kappa shape index (κ3) is 4.13. The molecule has 0 aliphatic carbocycles. The van der Waals surface area contributed by atoms with E-state index in [4.69, 9.17) is 4.74 Å². The molecular weight excluding hydrogens is 354 g/mol. The summed E-state index contributed by atoms with van der Waals surface area (Å²) < 4.78 is 58.3. The van der Waals surface area contributed by atoms with E-state index in [9.17, 15) is 17.6 Å². The van der Waals surface area contributed by atoms with E-state index >= 15 is 0 Å². The van der Waals surface area contributed by atoms with Crippen molar-refractivity contribution in [1.29, 1.82) is 0 Å². The Labute approximate surface area is 145 Å². The Morgan fingerprint density at radius 2 is 1.92 bits per heavy atom. The van der Waals surface area contributed by atoms with Crippen LogP contribution in [0.4, 0.5) is 17.6 Å². The predicted molar refractivity (Wildman–Crippen MR) is 82.2 cm³/mol. The number of hydrogen-bond donors (Lipinski definition) is 0. The lowest BCUT2D eigenvalue weighted by Crippen LogP contribution is -2.08. The molecule has 0 fully saturated rings. The second kappa shape index (κ2) is 7.06. The van der Waals surface area contributed by atoms with Crippen molar-refractivity contribution in [3.63, 3.8) is 0 Å². The van der Waals surface area contributed by atoms with E-state index < -0.39 is 12.3 Å². The summed E-state index contributed by atoms with van der Waals surface area (Å²) in [5, 5.41) is 7.73. The van der Waals surface area contributed by atoms with Gasteiger partial charge in [0.1, 0.15) is 12.3 Å². The molecule has 3 rings (SSSR count). The van der Waals surface area contributed by atoms with Crippen LogP contribution in [0.25, 0.3) is 5.69 Å². The van der Waals surface area contributed by atoms with Crippen LogP contribution in [0.5, 0.6) is 6.01 Å². The topological polar surface area (TPSA) is 65.7 Å². The number of hydrogen-bond acceptors (Lipinski definition) is 5. The zero-order valence-electron chi connectivity index (χ0n) is 13.5. The highest BCUT2D eigenvalue weighted by atomic mass is 19.3. The Bertz CT molecular complexity index is 877. The second-order valence-electron chi connectivity index (χ2n) is 5.48. The van der Waals surface area contributed by atoms with Gasteiger partial charge in [-0.1, -0.05) is 17.3 Å². The minimum atomic E-state index is -2.97. The number of halogens is 4. The van der Waals surface area contributed by atoms with Crippen molar-refractivity contribution in [3.8, 4) is 11.7 Å². The first kappa shape index (κ1) is 17.8. The molecule has 136 valence electrons. The van der Waals surface area contributed by atoms with Crippen molar-refractivity contribution in [2.24, 2.45) is 0 Å². The van der Waals surface area contributed by atoms with E-state index in [0.717, 1.165) is 19.3 Å². The van der Waals surface area contributed by atoms with Gasteiger partial charge in [-0.3, -0.25) is 0 Å². The maximum atomic E-state index is 13.4. The fourth-order valence-electron chi connectivity index (χ4n) is 2.06. The first-order chi connectivity index (χ1) is 12.3. The summed E-state index contributed by atoms with van der Waals surface area (Å²) in [6, 6.07) is 5.66. The molecule has 0 amide bonds. The van der Waals surface area contributed by atoms with Gasteiger partial charge in [-0.05, 0) is 12.1 Å². The Balaban J connectivity index is 1.68. The van der Waals surface area contributed by atoms with Gasteiger partial charge in [0, 0.05) is 24.9 Å². The minimum Gasteiger partial charge on any atom is -0.457 e. The van der Waals surface area contributed by atoms with Gasteiger partial charge in [0.15, 0.2) is 0 Å². The van der Waals surface area contributed by atoms with Gasteiger partial charge in [-0.15, -0.1) is 5.10 Å². The summed E-state index contributed by atoms with van der Waals surface area (Å²) in [4.78, 5) is 7.33. The highest BCUT2D eigenvalue weighted by molar-refractivity contribution is 5.36. The largest absolute Gasteiger partial charge is 0.457 e. The molecule has 0 unspecified atom stereocenters. The standard InChI is InChI=1S/C16H13F4N5O/c1-16(19,20)11-3-2-4-13(5-11)25-8-12(23-24-25)9-26-15-21-6-10(7-22-15)14(17)18/h2-8,14H,9H2,1H3. The zero-order chi connectivity index (χ0) is 18.7. The van der Waals surface area contributed by atoms with Gasteiger partial charge in [0.05, 0.1) is 17.4 Å².